The van der Waals surface area contributed by atoms with Gasteiger partial charge in [0.15, 0.2) is 0 Å². The summed E-state index contributed by atoms with van der Waals surface area (Å²) in [7, 11) is 0. The molecule has 0 spiro atoms. The second-order valence-corrected chi connectivity index (χ2v) is 7.53. The van der Waals surface area contributed by atoms with Gasteiger partial charge in [0, 0.05) is 5.56 Å². The molecule has 2 aliphatic rings. The fourth-order valence-corrected chi connectivity index (χ4v) is 4.96. The Morgan fingerprint density at radius 3 is 2.52 bits per heavy atom. The highest BCUT2D eigenvalue weighted by atomic mass is 16.4. The monoisotopic (exact) mass is 317 g/mol. The molecular weight excluding hydrogens is 290 g/mol. The van der Waals surface area contributed by atoms with Crippen LogP contribution >= 0.6 is 0 Å². The van der Waals surface area contributed by atoms with E-state index in [1.54, 1.807) is 0 Å². The second-order valence-electron chi connectivity index (χ2n) is 7.53. The van der Waals surface area contributed by atoms with Gasteiger partial charge in [-0.2, -0.15) is 0 Å². The van der Waals surface area contributed by atoms with Gasteiger partial charge in [0.25, 0.3) is 0 Å². The average molecular weight is 317 g/mol. The van der Waals surface area contributed by atoms with E-state index >= 15 is 0 Å². The van der Waals surface area contributed by atoms with Crippen LogP contribution in [-0.4, -0.2) is 16.2 Å². The Labute approximate surface area is 137 Å². The van der Waals surface area contributed by atoms with Gasteiger partial charge in [0.05, 0.1) is 12.0 Å². The largest absolute Gasteiger partial charge is 0.507 e. The summed E-state index contributed by atoms with van der Waals surface area (Å²) in [6.45, 7) is 3.90. The molecule has 0 saturated heterocycles. The lowest BCUT2D eigenvalue weighted by Crippen LogP contribution is -2.46. The van der Waals surface area contributed by atoms with Crippen LogP contribution in [0.25, 0.3) is 0 Å². The summed E-state index contributed by atoms with van der Waals surface area (Å²) >= 11 is 0. The van der Waals surface area contributed by atoms with Gasteiger partial charge in [-0.3, -0.25) is 4.79 Å². The first-order chi connectivity index (χ1) is 10.8. The molecule has 1 fully saturated rings. The van der Waals surface area contributed by atoms with Crippen molar-refractivity contribution in [3.63, 3.8) is 0 Å². The topological polar surface area (TPSA) is 83.5 Å². The number of carboxylic acid groups (broad SMARTS) is 1. The first-order valence-corrected chi connectivity index (χ1v) is 8.67. The Kier molecular flexibility index (Phi) is 4.13. The molecule has 4 nitrogen and oxygen atoms in total. The summed E-state index contributed by atoms with van der Waals surface area (Å²) in [4.78, 5) is 11.5. The molecule has 2 aliphatic carbocycles. The number of rotatable bonds is 3. The van der Waals surface area contributed by atoms with Crippen molar-refractivity contribution in [3.05, 3.63) is 28.3 Å². The molecule has 4 heteroatoms. The number of benzene rings is 1. The first-order valence-electron chi connectivity index (χ1n) is 8.67. The molecular formula is C19H27NO3. The number of fused-ring (bicyclic) bond motifs is 1. The molecule has 4 N–H and O–H groups in total. The second kappa shape index (κ2) is 5.82. The van der Waals surface area contributed by atoms with Crippen LogP contribution in [0.5, 0.6) is 5.75 Å². The van der Waals surface area contributed by atoms with Gasteiger partial charge in [-0.15, -0.1) is 0 Å². The van der Waals surface area contributed by atoms with E-state index in [1.807, 2.05) is 19.9 Å². The smallest absolute Gasteiger partial charge is 0.305 e. The number of aryl methyl sites for hydroxylation is 2. The van der Waals surface area contributed by atoms with Crippen molar-refractivity contribution in [2.75, 3.05) is 0 Å². The number of hydrogen-bond acceptors (Lipinski definition) is 3. The number of hydrogen-bond donors (Lipinski definition) is 3. The minimum absolute atomic E-state index is 0.111. The van der Waals surface area contributed by atoms with Gasteiger partial charge < -0.3 is 15.9 Å². The number of phenolic OH excluding ortho intramolecular Hbond substituents is 1. The molecule has 2 atom stereocenters. The Hall–Kier alpha value is -1.55. The van der Waals surface area contributed by atoms with Gasteiger partial charge >= 0.3 is 5.97 Å². The van der Waals surface area contributed by atoms with E-state index in [0.717, 1.165) is 36.0 Å². The highest BCUT2D eigenvalue weighted by Crippen LogP contribution is 2.53. The van der Waals surface area contributed by atoms with Gasteiger partial charge in [-0.1, -0.05) is 38.2 Å². The van der Waals surface area contributed by atoms with Crippen LogP contribution in [0, 0.1) is 25.7 Å². The summed E-state index contributed by atoms with van der Waals surface area (Å²) in [6.07, 6.45) is 6.58. The lowest BCUT2D eigenvalue weighted by molar-refractivity contribution is -0.139. The van der Waals surface area contributed by atoms with Crippen LogP contribution in [-0.2, 0) is 16.8 Å². The number of nitrogens with two attached hydrogens (primary N) is 1. The number of aromatic hydroxyl groups is 1. The molecule has 1 saturated carbocycles. The first kappa shape index (κ1) is 16.3. The van der Waals surface area contributed by atoms with Crippen LogP contribution in [0.1, 0.15) is 60.8 Å². The van der Waals surface area contributed by atoms with Gasteiger partial charge in [0.2, 0.25) is 0 Å². The highest BCUT2D eigenvalue weighted by Gasteiger charge is 2.50. The van der Waals surface area contributed by atoms with Crippen molar-refractivity contribution < 1.29 is 15.0 Å². The average Bonchev–Trinajstić information content (AvgIpc) is 2.79. The van der Waals surface area contributed by atoms with Crippen molar-refractivity contribution >= 4 is 5.97 Å². The number of aliphatic carboxylic acids is 1. The summed E-state index contributed by atoms with van der Waals surface area (Å²) in [5, 5.41) is 20.1. The van der Waals surface area contributed by atoms with Crippen LogP contribution in [0.4, 0.5) is 0 Å². The molecule has 1 aromatic carbocycles. The molecule has 0 amide bonds. The molecule has 3 rings (SSSR count). The Bertz CT molecular complexity index is 634. The van der Waals surface area contributed by atoms with Crippen molar-refractivity contribution in [3.8, 4) is 5.75 Å². The van der Waals surface area contributed by atoms with E-state index in [-0.39, 0.29) is 18.1 Å². The Morgan fingerprint density at radius 2 is 1.91 bits per heavy atom. The standard InChI is InChI=1S/C19H27NO3/c1-11-8-12(2)18(23)17-14(11)9-15(13-6-4-3-5-7-13)19(17,20)10-16(21)22/h8,13,15,23H,3-7,9-10,20H2,1-2H3,(H,21,22). The molecule has 23 heavy (non-hydrogen) atoms. The quantitative estimate of drug-likeness (QED) is 0.798. The van der Waals surface area contributed by atoms with Crippen LogP contribution in [0.3, 0.4) is 0 Å². The van der Waals surface area contributed by atoms with E-state index in [2.05, 4.69) is 0 Å². The summed E-state index contributed by atoms with van der Waals surface area (Å²) in [6, 6.07) is 1.98. The maximum atomic E-state index is 11.5. The predicted octanol–water partition coefficient (Wildman–Crippen LogP) is 3.39. The maximum absolute atomic E-state index is 11.5. The lowest BCUT2D eigenvalue weighted by atomic mass is 9.69. The molecule has 0 aromatic heterocycles. The summed E-state index contributed by atoms with van der Waals surface area (Å²) < 4.78 is 0. The fraction of sp³-hybridized carbons (Fsp3) is 0.632. The minimum Gasteiger partial charge on any atom is -0.507 e. The van der Waals surface area contributed by atoms with Gasteiger partial charge in [-0.05, 0) is 48.8 Å². The Balaban J connectivity index is 2.11. The normalized spacial score (nSPS) is 27.9. The molecule has 0 bridgehead atoms. The zero-order chi connectivity index (χ0) is 16.8. The summed E-state index contributed by atoms with van der Waals surface area (Å²) in [5.41, 5.74) is 9.47. The zero-order valence-electron chi connectivity index (χ0n) is 14.1. The van der Waals surface area contributed by atoms with E-state index in [1.165, 1.54) is 19.3 Å². The van der Waals surface area contributed by atoms with Crippen molar-refractivity contribution in [1.82, 2.24) is 0 Å². The SMILES string of the molecule is Cc1cc(C)c2c(c1O)C(N)(CC(=O)O)C(C1CCCCC1)C2. The minimum atomic E-state index is -0.954. The van der Waals surface area contributed by atoms with E-state index in [0.29, 0.717) is 11.5 Å². The number of carboxylic acids is 1. The van der Waals surface area contributed by atoms with Crippen LogP contribution < -0.4 is 5.73 Å². The highest BCUT2D eigenvalue weighted by molar-refractivity contribution is 5.71. The third-order valence-electron chi connectivity index (χ3n) is 6.03. The number of phenols is 1. The Morgan fingerprint density at radius 1 is 1.26 bits per heavy atom. The van der Waals surface area contributed by atoms with Crippen molar-refractivity contribution in [2.45, 2.75) is 64.3 Å². The van der Waals surface area contributed by atoms with Gasteiger partial charge in [0.1, 0.15) is 5.75 Å². The van der Waals surface area contributed by atoms with E-state index in [4.69, 9.17) is 5.73 Å². The van der Waals surface area contributed by atoms with E-state index in [9.17, 15) is 15.0 Å². The van der Waals surface area contributed by atoms with E-state index < -0.39 is 11.5 Å². The molecule has 1 aromatic rings. The third-order valence-corrected chi connectivity index (χ3v) is 6.03. The molecule has 126 valence electrons. The molecule has 0 heterocycles. The molecule has 0 radical (unpaired) electrons. The fourth-order valence-electron chi connectivity index (χ4n) is 4.96. The maximum Gasteiger partial charge on any atom is 0.305 e. The summed E-state index contributed by atoms with van der Waals surface area (Å²) in [5.74, 6) is -0.118. The number of carbonyl (C=O) groups is 1. The van der Waals surface area contributed by atoms with Crippen LogP contribution in [0.2, 0.25) is 0 Å². The zero-order valence-corrected chi connectivity index (χ0v) is 14.1. The van der Waals surface area contributed by atoms with Crippen molar-refractivity contribution in [1.29, 1.82) is 0 Å². The third kappa shape index (κ3) is 2.63. The van der Waals surface area contributed by atoms with Crippen LogP contribution in [0.15, 0.2) is 6.07 Å². The lowest BCUT2D eigenvalue weighted by Gasteiger charge is -2.38. The molecule has 2 unspecified atom stereocenters. The van der Waals surface area contributed by atoms with Gasteiger partial charge in [-0.25, -0.2) is 0 Å². The predicted molar refractivity (Wildman–Crippen MR) is 89.5 cm³/mol. The van der Waals surface area contributed by atoms with Crippen molar-refractivity contribution in [2.24, 2.45) is 17.6 Å². The molecule has 0 aliphatic heterocycles.